The van der Waals surface area contributed by atoms with Crippen LogP contribution in [0.15, 0.2) is 30.6 Å². The molecule has 160 valence electrons. The van der Waals surface area contributed by atoms with Gasteiger partial charge in [0.25, 0.3) is 0 Å². The van der Waals surface area contributed by atoms with Gasteiger partial charge in [0, 0.05) is 31.1 Å². The normalized spacial score (nSPS) is 11.1. The molecule has 0 aliphatic heterocycles. The highest BCUT2D eigenvalue weighted by Crippen LogP contribution is 2.23. The first-order valence-corrected chi connectivity index (χ1v) is 10.1. The number of halogens is 1. The molecule has 0 radical (unpaired) electrons. The summed E-state index contributed by atoms with van der Waals surface area (Å²) < 4.78 is 1.69. The number of rotatable bonds is 11. The van der Waals surface area contributed by atoms with Crippen LogP contribution in [0.4, 0.5) is 11.8 Å². The van der Waals surface area contributed by atoms with Gasteiger partial charge in [-0.05, 0) is 17.7 Å². The number of anilines is 2. The van der Waals surface area contributed by atoms with Gasteiger partial charge in [-0.25, -0.2) is 4.98 Å². The van der Waals surface area contributed by atoms with E-state index in [2.05, 4.69) is 20.3 Å². The maximum absolute atomic E-state index is 12.0. The van der Waals surface area contributed by atoms with Crippen molar-refractivity contribution in [1.82, 2.24) is 19.5 Å². The Bertz CT molecular complexity index is 986. The Labute approximate surface area is 179 Å². The van der Waals surface area contributed by atoms with Gasteiger partial charge in [0.1, 0.15) is 0 Å². The number of benzene rings is 1. The zero-order chi connectivity index (χ0) is 21.5. The summed E-state index contributed by atoms with van der Waals surface area (Å²) in [5.41, 5.74) is 2.07. The smallest absolute Gasteiger partial charge is 0.229 e. The molecule has 10 heteroatoms. The van der Waals surface area contributed by atoms with E-state index >= 15 is 0 Å². The maximum Gasteiger partial charge on any atom is 0.229 e. The van der Waals surface area contributed by atoms with Crippen LogP contribution >= 0.6 is 11.6 Å². The molecule has 0 aliphatic carbocycles. The van der Waals surface area contributed by atoms with Crippen molar-refractivity contribution in [2.75, 3.05) is 36.5 Å². The molecule has 3 N–H and O–H groups in total. The fourth-order valence-electron chi connectivity index (χ4n) is 2.96. The average molecular weight is 433 g/mol. The van der Waals surface area contributed by atoms with Gasteiger partial charge in [-0.15, -0.1) is 0 Å². The van der Waals surface area contributed by atoms with Crippen LogP contribution in [0, 0.1) is 0 Å². The van der Waals surface area contributed by atoms with E-state index in [0.717, 1.165) is 5.56 Å². The molecule has 2 heterocycles. The SMILES string of the molecule is CCC(=O)Cn1cnc2c(NCc3ccc(Cl)cc3)nc(N(CCO)CCO)nc21. The molecule has 0 saturated heterocycles. The van der Waals surface area contributed by atoms with Gasteiger partial charge in [0.15, 0.2) is 22.8 Å². The zero-order valence-electron chi connectivity index (χ0n) is 16.8. The number of nitrogens with zero attached hydrogens (tertiary/aromatic N) is 5. The number of Topliss-reactive ketones (excluding diaryl/α,β-unsaturated/α-hetero) is 1. The lowest BCUT2D eigenvalue weighted by Crippen LogP contribution is -2.31. The van der Waals surface area contributed by atoms with Gasteiger partial charge in [-0.3, -0.25) is 4.79 Å². The minimum Gasteiger partial charge on any atom is -0.395 e. The van der Waals surface area contributed by atoms with Crippen LogP contribution in [-0.4, -0.2) is 61.8 Å². The molecule has 1 aromatic carbocycles. The molecule has 2 aromatic heterocycles. The predicted octanol–water partition coefficient (Wildman–Crippen LogP) is 1.86. The molecule has 0 saturated carbocycles. The van der Waals surface area contributed by atoms with E-state index in [1.54, 1.807) is 15.8 Å². The molecule has 9 nitrogen and oxygen atoms in total. The van der Waals surface area contributed by atoms with Gasteiger partial charge < -0.3 is 25.0 Å². The molecule has 0 bridgehead atoms. The Hall–Kier alpha value is -2.75. The van der Waals surface area contributed by atoms with Crippen LogP contribution in [-0.2, 0) is 17.9 Å². The standard InChI is InChI=1S/C20H25ClN6O3/c1-2-16(30)12-27-13-23-17-18(22-11-14-3-5-15(21)6-4-14)24-20(25-19(17)27)26(7-9-28)8-10-29/h3-6,13,28-29H,2,7-12H2,1H3,(H,22,24,25). The van der Waals surface area contributed by atoms with E-state index in [-0.39, 0.29) is 38.6 Å². The number of carbonyl (C=O) groups excluding carboxylic acids is 1. The summed E-state index contributed by atoms with van der Waals surface area (Å²) >= 11 is 5.95. The quantitative estimate of drug-likeness (QED) is 0.420. The Morgan fingerprint density at radius 2 is 1.87 bits per heavy atom. The van der Waals surface area contributed by atoms with Crippen LogP contribution in [0.2, 0.25) is 5.02 Å². The number of aliphatic hydroxyl groups is 2. The summed E-state index contributed by atoms with van der Waals surface area (Å²) in [4.78, 5) is 27.2. The fraction of sp³-hybridized carbons (Fsp3) is 0.400. The lowest BCUT2D eigenvalue weighted by Gasteiger charge is -2.21. The molecule has 0 amide bonds. The average Bonchev–Trinajstić information content (AvgIpc) is 3.15. The number of fused-ring (bicyclic) bond motifs is 1. The molecule has 30 heavy (non-hydrogen) atoms. The van der Waals surface area contributed by atoms with E-state index in [1.165, 1.54) is 0 Å². The van der Waals surface area contributed by atoms with Gasteiger partial charge in [-0.1, -0.05) is 30.7 Å². The van der Waals surface area contributed by atoms with Gasteiger partial charge in [-0.2, -0.15) is 9.97 Å². The van der Waals surface area contributed by atoms with E-state index in [4.69, 9.17) is 11.6 Å². The van der Waals surface area contributed by atoms with Crippen LogP contribution in [0.25, 0.3) is 11.2 Å². The molecule has 0 fully saturated rings. The van der Waals surface area contributed by atoms with Gasteiger partial charge >= 0.3 is 0 Å². The van der Waals surface area contributed by atoms with E-state index in [9.17, 15) is 15.0 Å². The number of ketones is 1. The number of nitrogens with one attached hydrogen (secondary N) is 1. The summed E-state index contributed by atoms with van der Waals surface area (Å²) in [7, 11) is 0. The summed E-state index contributed by atoms with van der Waals surface area (Å²) in [6, 6.07) is 7.46. The number of imidazole rings is 1. The molecular weight excluding hydrogens is 408 g/mol. The topological polar surface area (TPSA) is 116 Å². The number of carbonyl (C=O) groups is 1. The van der Waals surface area contributed by atoms with Crippen molar-refractivity contribution in [1.29, 1.82) is 0 Å². The van der Waals surface area contributed by atoms with Crippen molar-refractivity contribution in [3.63, 3.8) is 0 Å². The number of aromatic nitrogens is 4. The highest BCUT2D eigenvalue weighted by molar-refractivity contribution is 6.30. The first-order chi connectivity index (χ1) is 14.5. The summed E-state index contributed by atoms with van der Waals surface area (Å²) in [6.07, 6.45) is 1.99. The van der Waals surface area contributed by atoms with Crippen LogP contribution in [0.1, 0.15) is 18.9 Å². The van der Waals surface area contributed by atoms with Gasteiger partial charge in [0.2, 0.25) is 5.95 Å². The molecule has 0 spiro atoms. The van der Waals surface area contributed by atoms with Gasteiger partial charge in [0.05, 0.1) is 26.1 Å². The largest absolute Gasteiger partial charge is 0.395 e. The Kier molecular flexibility index (Phi) is 7.56. The number of hydrogen-bond acceptors (Lipinski definition) is 8. The summed E-state index contributed by atoms with van der Waals surface area (Å²) in [5, 5.41) is 22.7. The Balaban J connectivity index is 1.99. The summed E-state index contributed by atoms with van der Waals surface area (Å²) in [6.45, 7) is 2.79. The van der Waals surface area contributed by atoms with Crippen molar-refractivity contribution >= 4 is 40.3 Å². The highest BCUT2D eigenvalue weighted by Gasteiger charge is 2.18. The van der Waals surface area contributed by atoms with Crippen LogP contribution < -0.4 is 10.2 Å². The zero-order valence-corrected chi connectivity index (χ0v) is 17.5. The first-order valence-electron chi connectivity index (χ1n) is 9.75. The second kappa shape index (κ2) is 10.3. The molecule has 0 aliphatic rings. The lowest BCUT2D eigenvalue weighted by atomic mass is 10.2. The van der Waals surface area contributed by atoms with Crippen LogP contribution in [0.3, 0.4) is 0 Å². The predicted molar refractivity (Wildman–Crippen MR) is 116 cm³/mol. The minimum atomic E-state index is -0.109. The van der Waals surface area contributed by atoms with E-state index in [1.807, 2.05) is 31.2 Å². The fourth-order valence-corrected chi connectivity index (χ4v) is 3.08. The van der Waals surface area contributed by atoms with E-state index in [0.29, 0.717) is 40.9 Å². The molecular formula is C20H25ClN6O3. The second-order valence-corrected chi connectivity index (χ2v) is 7.16. The number of aliphatic hydroxyl groups excluding tert-OH is 2. The van der Waals surface area contributed by atoms with Crippen molar-refractivity contribution in [3.05, 3.63) is 41.2 Å². The Morgan fingerprint density at radius 3 is 2.50 bits per heavy atom. The monoisotopic (exact) mass is 432 g/mol. The third-order valence-corrected chi connectivity index (χ3v) is 4.84. The highest BCUT2D eigenvalue weighted by atomic mass is 35.5. The second-order valence-electron chi connectivity index (χ2n) is 6.72. The van der Waals surface area contributed by atoms with Crippen molar-refractivity contribution in [2.45, 2.75) is 26.4 Å². The third kappa shape index (κ3) is 5.24. The third-order valence-electron chi connectivity index (χ3n) is 4.59. The summed E-state index contributed by atoms with van der Waals surface area (Å²) in [5.74, 6) is 0.913. The van der Waals surface area contributed by atoms with Crippen molar-refractivity contribution in [2.24, 2.45) is 0 Å². The van der Waals surface area contributed by atoms with Crippen molar-refractivity contribution < 1.29 is 15.0 Å². The molecule has 0 unspecified atom stereocenters. The Morgan fingerprint density at radius 1 is 1.17 bits per heavy atom. The lowest BCUT2D eigenvalue weighted by molar-refractivity contribution is -0.119. The molecule has 3 aromatic rings. The first kappa shape index (κ1) is 21.9. The minimum absolute atomic E-state index is 0.0627. The van der Waals surface area contributed by atoms with Crippen LogP contribution in [0.5, 0.6) is 0 Å². The number of hydrogen-bond donors (Lipinski definition) is 3. The van der Waals surface area contributed by atoms with E-state index < -0.39 is 0 Å². The van der Waals surface area contributed by atoms with Crippen molar-refractivity contribution in [3.8, 4) is 0 Å². The molecule has 3 rings (SSSR count). The molecule has 0 atom stereocenters. The maximum atomic E-state index is 12.0.